The summed E-state index contributed by atoms with van der Waals surface area (Å²) in [6.45, 7) is 0.355. The fourth-order valence-corrected chi connectivity index (χ4v) is 1.55. The second-order valence-electron chi connectivity index (χ2n) is 3.79. The number of ether oxygens (including phenoxy) is 1. The lowest BCUT2D eigenvalue weighted by molar-refractivity contribution is 0.102. The second-order valence-corrected chi connectivity index (χ2v) is 3.79. The summed E-state index contributed by atoms with van der Waals surface area (Å²) in [6, 6.07) is 6.27. The zero-order chi connectivity index (χ0) is 13.0. The number of benzene rings is 1. The van der Waals surface area contributed by atoms with Gasteiger partial charge < -0.3 is 15.0 Å². The van der Waals surface area contributed by atoms with Crippen LogP contribution in [0.25, 0.3) is 11.4 Å². The molecule has 2 aromatic rings. The van der Waals surface area contributed by atoms with Gasteiger partial charge in [-0.1, -0.05) is 17.3 Å². The standard InChI is InChI=1S/C12H14FN3O2/c1-17-8(7-14)6-11-15-12(16-18-11)9-4-2-3-5-10(9)13/h2-5,8H,6-7,14H2,1H3. The van der Waals surface area contributed by atoms with Gasteiger partial charge in [-0.2, -0.15) is 4.98 Å². The van der Waals surface area contributed by atoms with Gasteiger partial charge in [-0.15, -0.1) is 0 Å². The molecule has 1 aromatic heterocycles. The summed E-state index contributed by atoms with van der Waals surface area (Å²) >= 11 is 0. The van der Waals surface area contributed by atoms with Crippen LogP contribution in [0.3, 0.4) is 0 Å². The molecule has 96 valence electrons. The highest BCUT2D eigenvalue weighted by Gasteiger charge is 2.15. The van der Waals surface area contributed by atoms with E-state index in [1.165, 1.54) is 6.07 Å². The lowest BCUT2D eigenvalue weighted by atomic mass is 10.2. The predicted molar refractivity (Wildman–Crippen MR) is 63.2 cm³/mol. The molecule has 0 amide bonds. The van der Waals surface area contributed by atoms with E-state index in [4.69, 9.17) is 15.0 Å². The van der Waals surface area contributed by atoms with E-state index in [1.807, 2.05) is 0 Å². The molecule has 0 saturated heterocycles. The van der Waals surface area contributed by atoms with Crippen LogP contribution < -0.4 is 5.73 Å². The van der Waals surface area contributed by atoms with Crippen LogP contribution in [0.1, 0.15) is 5.89 Å². The lowest BCUT2D eigenvalue weighted by Gasteiger charge is -2.08. The number of nitrogens with zero attached hydrogens (tertiary/aromatic N) is 2. The molecule has 0 fully saturated rings. The molecule has 2 N–H and O–H groups in total. The second kappa shape index (κ2) is 5.70. The number of hydrogen-bond acceptors (Lipinski definition) is 5. The quantitative estimate of drug-likeness (QED) is 0.869. The van der Waals surface area contributed by atoms with Crippen molar-refractivity contribution in [3.8, 4) is 11.4 Å². The van der Waals surface area contributed by atoms with Crippen LogP contribution >= 0.6 is 0 Å². The molecule has 0 radical (unpaired) electrons. The Balaban J connectivity index is 2.18. The number of halogens is 1. The van der Waals surface area contributed by atoms with Gasteiger partial charge in [-0.25, -0.2) is 4.39 Å². The average Bonchev–Trinajstić information content (AvgIpc) is 2.85. The Morgan fingerprint density at radius 1 is 1.44 bits per heavy atom. The van der Waals surface area contributed by atoms with Gasteiger partial charge >= 0.3 is 0 Å². The molecule has 0 aliphatic rings. The number of hydrogen-bond donors (Lipinski definition) is 1. The fraction of sp³-hybridized carbons (Fsp3) is 0.333. The minimum absolute atomic E-state index is 0.182. The van der Waals surface area contributed by atoms with Crippen molar-refractivity contribution >= 4 is 0 Å². The number of methoxy groups -OCH3 is 1. The molecule has 5 nitrogen and oxygen atoms in total. The van der Waals surface area contributed by atoms with Crippen molar-refractivity contribution in [1.29, 1.82) is 0 Å². The smallest absolute Gasteiger partial charge is 0.229 e. The summed E-state index contributed by atoms with van der Waals surface area (Å²) in [5, 5.41) is 3.75. The summed E-state index contributed by atoms with van der Waals surface area (Å²) < 4.78 is 23.7. The molecular formula is C12H14FN3O2. The van der Waals surface area contributed by atoms with Gasteiger partial charge in [0.2, 0.25) is 11.7 Å². The monoisotopic (exact) mass is 251 g/mol. The van der Waals surface area contributed by atoms with E-state index in [0.717, 1.165) is 0 Å². The summed E-state index contributed by atoms with van der Waals surface area (Å²) in [5.74, 6) is 0.229. The summed E-state index contributed by atoms with van der Waals surface area (Å²) in [4.78, 5) is 4.12. The SMILES string of the molecule is COC(CN)Cc1nc(-c2ccccc2F)no1. The molecule has 18 heavy (non-hydrogen) atoms. The molecule has 0 saturated carbocycles. The first-order chi connectivity index (χ1) is 8.74. The van der Waals surface area contributed by atoms with Crippen LogP contribution in [0.2, 0.25) is 0 Å². The highest BCUT2D eigenvalue weighted by Crippen LogP contribution is 2.19. The van der Waals surface area contributed by atoms with Crippen molar-refractivity contribution in [3.05, 3.63) is 36.0 Å². The summed E-state index contributed by atoms with van der Waals surface area (Å²) in [7, 11) is 1.56. The summed E-state index contributed by atoms with van der Waals surface area (Å²) in [6.07, 6.45) is 0.230. The first-order valence-corrected chi connectivity index (χ1v) is 5.55. The maximum Gasteiger partial charge on any atom is 0.229 e. The molecule has 1 unspecified atom stereocenters. The van der Waals surface area contributed by atoms with E-state index >= 15 is 0 Å². The van der Waals surface area contributed by atoms with Crippen LogP contribution in [-0.2, 0) is 11.2 Å². The number of rotatable bonds is 5. The Morgan fingerprint density at radius 2 is 2.22 bits per heavy atom. The fourth-order valence-electron chi connectivity index (χ4n) is 1.55. The maximum absolute atomic E-state index is 13.5. The highest BCUT2D eigenvalue weighted by molar-refractivity contribution is 5.54. The van der Waals surface area contributed by atoms with E-state index < -0.39 is 0 Å². The van der Waals surface area contributed by atoms with Crippen molar-refractivity contribution in [2.75, 3.05) is 13.7 Å². The van der Waals surface area contributed by atoms with E-state index in [2.05, 4.69) is 10.1 Å². The van der Waals surface area contributed by atoms with Gasteiger partial charge in [0.25, 0.3) is 0 Å². The van der Waals surface area contributed by atoms with Crippen LogP contribution in [0.4, 0.5) is 4.39 Å². The van der Waals surface area contributed by atoms with E-state index in [1.54, 1.807) is 25.3 Å². The molecule has 1 atom stereocenters. The Kier molecular flexibility index (Phi) is 4.01. The molecule has 2 rings (SSSR count). The van der Waals surface area contributed by atoms with Crippen LogP contribution in [-0.4, -0.2) is 29.9 Å². The first-order valence-electron chi connectivity index (χ1n) is 5.55. The highest BCUT2D eigenvalue weighted by atomic mass is 19.1. The molecule has 0 aliphatic heterocycles. The third-order valence-corrected chi connectivity index (χ3v) is 2.58. The average molecular weight is 251 g/mol. The van der Waals surface area contributed by atoms with Gasteiger partial charge in [0.05, 0.1) is 18.1 Å². The van der Waals surface area contributed by atoms with Gasteiger partial charge in [0, 0.05) is 13.7 Å². The third kappa shape index (κ3) is 2.72. The first kappa shape index (κ1) is 12.7. The molecular weight excluding hydrogens is 237 g/mol. The normalized spacial score (nSPS) is 12.6. The zero-order valence-electron chi connectivity index (χ0n) is 9.97. The van der Waals surface area contributed by atoms with Gasteiger partial charge in [-0.05, 0) is 12.1 Å². The molecule has 1 heterocycles. The molecule has 0 aliphatic carbocycles. The molecule has 1 aromatic carbocycles. The van der Waals surface area contributed by atoms with Crippen LogP contribution in [0.15, 0.2) is 28.8 Å². The Labute approximate surface area is 104 Å². The maximum atomic E-state index is 13.5. The van der Waals surface area contributed by atoms with Crippen molar-refractivity contribution in [2.45, 2.75) is 12.5 Å². The Bertz CT molecular complexity index is 512. The summed E-state index contributed by atoms with van der Waals surface area (Å²) in [5.41, 5.74) is 5.81. The number of aromatic nitrogens is 2. The lowest BCUT2D eigenvalue weighted by Crippen LogP contribution is -2.24. The Hall–Kier alpha value is -1.79. The van der Waals surface area contributed by atoms with Gasteiger partial charge in [0.15, 0.2) is 0 Å². The topological polar surface area (TPSA) is 74.2 Å². The van der Waals surface area contributed by atoms with E-state index in [0.29, 0.717) is 24.4 Å². The Morgan fingerprint density at radius 3 is 2.89 bits per heavy atom. The van der Waals surface area contributed by atoms with Crippen molar-refractivity contribution in [3.63, 3.8) is 0 Å². The largest absolute Gasteiger partial charge is 0.380 e. The predicted octanol–water partition coefficient (Wildman–Crippen LogP) is 1.39. The minimum Gasteiger partial charge on any atom is -0.380 e. The third-order valence-electron chi connectivity index (χ3n) is 2.58. The molecule has 0 bridgehead atoms. The van der Waals surface area contributed by atoms with Crippen LogP contribution in [0, 0.1) is 5.82 Å². The van der Waals surface area contributed by atoms with E-state index in [9.17, 15) is 4.39 Å². The van der Waals surface area contributed by atoms with E-state index in [-0.39, 0.29) is 17.7 Å². The van der Waals surface area contributed by atoms with Crippen LogP contribution in [0.5, 0.6) is 0 Å². The van der Waals surface area contributed by atoms with Gasteiger partial charge in [-0.3, -0.25) is 0 Å². The molecule has 0 spiro atoms. The zero-order valence-corrected chi connectivity index (χ0v) is 9.97. The minimum atomic E-state index is -0.382. The van der Waals surface area contributed by atoms with Crippen molar-refractivity contribution < 1.29 is 13.7 Å². The van der Waals surface area contributed by atoms with Crippen molar-refractivity contribution in [1.82, 2.24) is 10.1 Å². The van der Waals surface area contributed by atoms with Gasteiger partial charge in [0.1, 0.15) is 5.82 Å². The number of nitrogens with two attached hydrogens (primary N) is 1. The molecule has 6 heteroatoms. The van der Waals surface area contributed by atoms with Crippen molar-refractivity contribution in [2.24, 2.45) is 5.73 Å².